The van der Waals surface area contributed by atoms with Gasteiger partial charge in [-0.2, -0.15) is 0 Å². The monoisotopic (exact) mass is 872 g/mol. The largest absolute Gasteiger partial charge is 0.310 e. The second-order valence-electron chi connectivity index (χ2n) is 19.1. The van der Waals surface area contributed by atoms with Crippen LogP contribution in [0.2, 0.25) is 0 Å². The molecule has 0 bridgehead atoms. The number of aromatic nitrogens is 2. The first-order chi connectivity index (χ1) is 33.7. The van der Waals surface area contributed by atoms with E-state index in [-0.39, 0.29) is 0 Å². The van der Waals surface area contributed by atoms with Crippen LogP contribution in [0.4, 0.5) is 0 Å². The van der Waals surface area contributed by atoms with Gasteiger partial charge in [0, 0.05) is 38.6 Å². The lowest BCUT2D eigenvalue weighted by Crippen LogP contribution is -2.48. The fraction of sp³-hybridized carbons (Fsp3) is 0. The molecule has 0 radical (unpaired) electrons. The minimum Gasteiger partial charge on any atom is -0.310 e. The summed E-state index contributed by atoms with van der Waals surface area (Å²) in [4.78, 5) is 0. The van der Waals surface area contributed by atoms with Crippen LogP contribution in [0.25, 0.3) is 111 Å². The van der Waals surface area contributed by atoms with Gasteiger partial charge in [0.05, 0.1) is 11.0 Å². The van der Waals surface area contributed by atoms with Crippen molar-refractivity contribution in [1.82, 2.24) is 9.13 Å². The molecule has 0 aliphatic carbocycles. The topological polar surface area (TPSA) is 9.86 Å². The van der Waals surface area contributed by atoms with Crippen LogP contribution in [0.5, 0.6) is 0 Å². The van der Waals surface area contributed by atoms with Gasteiger partial charge in [-0.15, -0.1) is 5.46 Å². The Bertz CT molecular complexity index is 4030. The van der Waals surface area contributed by atoms with Crippen LogP contribution >= 0.6 is 0 Å². The Hall–Kier alpha value is -7.75. The maximum atomic E-state index is 2.58. The summed E-state index contributed by atoms with van der Waals surface area (Å²) in [5, 5.41) is 5.18. The van der Waals surface area contributed by atoms with E-state index in [0.29, 0.717) is 0 Å². The molecule has 0 amide bonds. The van der Waals surface area contributed by atoms with E-state index in [2.05, 4.69) is 264 Å². The molecule has 0 saturated heterocycles. The highest BCUT2D eigenvalue weighted by molar-refractivity contribution is 6.69. The molecule has 2 nitrogen and oxygen atoms in total. The van der Waals surface area contributed by atoms with Crippen LogP contribution < -0.4 is 38.2 Å². The molecule has 0 aliphatic heterocycles. The van der Waals surface area contributed by atoms with Crippen molar-refractivity contribution in [2.45, 2.75) is 0 Å². The fourth-order valence-corrected chi connectivity index (χ4v) is 11.5. The SMILES string of the molecule is Bc1c(B)c(B)c2c(c1B)c1c(B)c(-c3ccc4c(c3)c3ccc(-c5ccccc5-c5ccccc5)cc3n4-c3cccc(-c4ccccc4)c3)c(B)c(B)c1n2-c1cccc(-c2ccccc2)c1. The Kier molecular flexibility index (Phi) is 10.4. The molecule has 2 heterocycles. The molecular weight excluding hydrogens is 824 g/mol. The van der Waals surface area contributed by atoms with Crippen molar-refractivity contribution in [3.63, 3.8) is 0 Å². The number of nitrogens with zero attached hydrogens (tertiary/aromatic N) is 2. The van der Waals surface area contributed by atoms with Crippen LogP contribution in [0.15, 0.2) is 200 Å². The average Bonchev–Trinajstić information content (AvgIpc) is 3.94. The first-order valence-corrected chi connectivity index (χ1v) is 24.3. The Morgan fingerprint density at radius 1 is 0.261 bits per heavy atom. The number of rotatable bonds is 7. The van der Waals surface area contributed by atoms with Crippen molar-refractivity contribution in [2.75, 3.05) is 0 Å². The second-order valence-corrected chi connectivity index (χ2v) is 19.1. The summed E-state index contributed by atoms with van der Waals surface area (Å²) in [7, 11) is 16.3. The number of hydrogen-bond acceptors (Lipinski definition) is 0. The minimum atomic E-state index is 1.14. The zero-order chi connectivity index (χ0) is 47.1. The third-order valence-corrected chi connectivity index (χ3v) is 15.4. The molecule has 318 valence electrons. The zero-order valence-corrected chi connectivity index (χ0v) is 40.4. The van der Waals surface area contributed by atoms with E-state index in [1.807, 2.05) is 0 Å². The van der Waals surface area contributed by atoms with E-state index in [1.54, 1.807) is 0 Å². The van der Waals surface area contributed by atoms with Gasteiger partial charge in [-0.25, -0.2) is 0 Å². The summed E-state index contributed by atoms with van der Waals surface area (Å²) in [5.74, 6) is 0. The maximum Gasteiger partial charge on any atom is 0.141 e. The molecule has 0 fully saturated rings. The second kappa shape index (κ2) is 16.8. The number of benzene rings is 10. The third kappa shape index (κ3) is 6.81. The number of fused-ring (bicyclic) bond motifs is 6. The van der Waals surface area contributed by atoms with E-state index in [0.717, 1.165) is 5.69 Å². The van der Waals surface area contributed by atoms with Crippen LogP contribution in [0.1, 0.15) is 0 Å². The van der Waals surface area contributed by atoms with Gasteiger partial charge in [0.15, 0.2) is 0 Å². The lowest BCUT2D eigenvalue weighted by molar-refractivity contribution is 1.18. The van der Waals surface area contributed by atoms with E-state index in [4.69, 9.17) is 0 Å². The standard InChI is InChI=1S/C60H47B7N2/c61-52-49(53(62)57(66)59-50(52)51-54(63)55(64)56(65)58(67)60(51)69(59)42-23-13-21-38(31-42)35-16-6-2-7-17-35)40-27-29-47-46(32-40)45-28-26-39(44-25-11-10-24-43(44)36-18-8-3-9-19-36)33-48(45)68(47)41-22-12-20-37(30-41)34-14-4-1-5-15-34/h1-33H,61-67H2. The van der Waals surface area contributed by atoms with Crippen molar-refractivity contribution in [2.24, 2.45) is 0 Å². The van der Waals surface area contributed by atoms with Gasteiger partial charge in [-0.1, -0.05) is 191 Å². The molecule has 2 aromatic heterocycles. The molecule has 0 spiro atoms. The van der Waals surface area contributed by atoms with E-state index >= 15 is 0 Å². The first-order valence-electron chi connectivity index (χ1n) is 24.3. The summed E-state index contributed by atoms with van der Waals surface area (Å²) in [6.07, 6.45) is 0. The van der Waals surface area contributed by atoms with Gasteiger partial charge >= 0.3 is 0 Å². The van der Waals surface area contributed by atoms with Crippen molar-refractivity contribution in [3.05, 3.63) is 200 Å². The minimum absolute atomic E-state index is 1.14. The molecule has 0 N–H and O–H groups in total. The predicted molar refractivity (Wildman–Crippen MR) is 320 cm³/mol. The third-order valence-electron chi connectivity index (χ3n) is 15.4. The molecule has 0 atom stereocenters. The van der Waals surface area contributed by atoms with E-state index < -0.39 is 0 Å². The van der Waals surface area contributed by atoms with Crippen LogP contribution in [-0.2, 0) is 0 Å². The molecule has 12 aromatic rings. The van der Waals surface area contributed by atoms with Gasteiger partial charge in [0.2, 0.25) is 0 Å². The molecule has 0 unspecified atom stereocenters. The highest BCUT2D eigenvalue weighted by Crippen LogP contribution is 2.40. The quantitative estimate of drug-likeness (QED) is 0.215. The predicted octanol–water partition coefficient (Wildman–Crippen LogP) is 4.02. The molecule has 12 rings (SSSR count). The fourth-order valence-electron chi connectivity index (χ4n) is 11.5. The summed E-state index contributed by atoms with van der Waals surface area (Å²) >= 11 is 0. The molecule has 10 aromatic carbocycles. The van der Waals surface area contributed by atoms with Crippen molar-refractivity contribution >= 4 is 137 Å². The highest BCUT2D eigenvalue weighted by Gasteiger charge is 2.26. The Labute approximate surface area is 410 Å². The Morgan fingerprint density at radius 3 is 1.35 bits per heavy atom. The van der Waals surface area contributed by atoms with Gasteiger partial charge < -0.3 is 9.13 Å². The van der Waals surface area contributed by atoms with Crippen molar-refractivity contribution < 1.29 is 0 Å². The first kappa shape index (κ1) is 42.6. The average molecular weight is 872 g/mol. The van der Waals surface area contributed by atoms with Crippen LogP contribution in [0.3, 0.4) is 0 Å². The lowest BCUT2D eigenvalue weighted by atomic mass is 9.64. The van der Waals surface area contributed by atoms with Gasteiger partial charge in [0.25, 0.3) is 0 Å². The molecular formula is C60H47B7N2. The molecule has 69 heavy (non-hydrogen) atoms. The van der Waals surface area contributed by atoms with Gasteiger partial charge in [0.1, 0.15) is 54.9 Å². The van der Waals surface area contributed by atoms with Crippen LogP contribution in [-0.4, -0.2) is 64.1 Å². The van der Waals surface area contributed by atoms with Gasteiger partial charge in [-0.05, 0) is 103 Å². The molecule has 0 aliphatic rings. The Balaban J connectivity index is 1.11. The molecule has 9 heteroatoms. The van der Waals surface area contributed by atoms with Crippen molar-refractivity contribution in [3.8, 4) is 67.0 Å². The van der Waals surface area contributed by atoms with E-state index in [1.165, 1.54) is 143 Å². The summed E-state index contributed by atoms with van der Waals surface area (Å²) in [5.41, 5.74) is 28.9. The van der Waals surface area contributed by atoms with Crippen LogP contribution in [0, 0.1) is 0 Å². The van der Waals surface area contributed by atoms with Gasteiger partial charge in [-0.3, -0.25) is 0 Å². The maximum absolute atomic E-state index is 2.58. The highest BCUT2D eigenvalue weighted by atomic mass is 15.0. The Morgan fingerprint density at radius 2 is 0.739 bits per heavy atom. The normalized spacial score (nSPS) is 11.6. The number of hydrogen-bond donors (Lipinski definition) is 0. The van der Waals surface area contributed by atoms with Crippen molar-refractivity contribution in [1.29, 1.82) is 0 Å². The zero-order valence-electron chi connectivity index (χ0n) is 40.4. The summed E-state index contributed by atoms with van der Waals surface area (Å²) in [6, 6.07) is 73.5. The lowest BCUT2D eigenvalue weighted by Gasteiger charge is -2.19. The van der Waals surface area contributed by atoms with E-state index in [9.17, 15) is 0 Å². The summed E-state index contributed by atoms with van der Waals surface area (Å²) < 4.78 is 5.07. The molecule has 0 saturated carbocycles. The smallest absolute Gasteiger partial charge is 0.141 e. The summed E-state index contributed by atoms with van der Waals surface area (Å²) in [6.45, 7) is 0.